The van der Waals surface area contributed by atoms with Crippen LogP contribution in [0.2, 0.25) is 0 Å². The van der Waals surface area contributed by atoms with Crippen molar-refractivity contribution in [2.75, 3.05) is 6.54 Å². The van der Waals surface area contributed by atoms with Crippen LogP contribution in [0.4, 0.5) is 0 Å². The van der Waals surface area contributed by atoms with Crippen molar-refractivity contribution in [1.29, 1.82) is 0 Å². The van der Waals surface area contributed by atoms with Crippen LogP contribution in [-0.2, 0) is 0 Å². The van der Waals surface area contributed by atoms with Crippen molar-refractivity contribution < 1.29 is 0 Å². The molecule has 0 saturated heterocycles. The third-order valence-electron chi connectivity index (χ3n) is 2.42. The second-order valence-corrected chi connectivity index (χ2v) is 3.89. The van der Waals surface area contributed by atoms with Crippen molar-refractivity contribution in [3.05, 3.63) is 12.2 Å². The topological polar surface area (TPSA) is 50.1 Å². The van der Waals surface area contributed by atoms with Crippen LogP contribution < -0.4 is 16.8 Å². The van der Waals surface area contributed by atoms with Crippen LogP contribution >= 0.6 is 0 Å². The zero-order valence-electron chi connectivity index (χ0n) is 10.1. The van der Waals surface area contributed by atoms with Crippen LogP contribution in [0, 0.1) is 0 Å². The fourth-order valence-corrected chi connectivity index (χ4v) is 1.47. The molecule has 0 aromatic heterocycles. The van der Waals surface area contributed by atoms with Crippen molar-refractivity contribution >= 4 is 0 Å². The molecule has 90 valence electrons. The van der Waals surface area contributed by atoms with E-state index in [-0.39, 0.29) is 0 Å². The molecular formula is C12H27N3. The van der Waals surface area contributed by atoms with E-state index in [2.05, 4.69) is 30.0 Å². The largest absolute Gasteiger partial charge is 0.258 e. The second kappa shape index (κ2) is 13.6. The Hall–Kier alpha value is -0.380. The summed E-state index contributed by atoms with van der Waals surface area (Å²) >= 11 is 0. The Morgan fingerprint density at radius 1 is 0.933 bits per heavy atom. The fraction of sp³-hybridized carbons (Fsp3) is 0.833. The first-order valence-corrected chi connectivity index (χ1v) is 6.25. The van der Waals surface area contributed by atoms with E-state index >= 15 is 0 Å². The molecule has 0 rings (SSSR count). The molecule has 3 heteroatoms. The van der Waals surface area contributed by atoms with Gasteiger partial charge in [-0.25, -0.2) is 5.43 Å². The van der Waals surface area contributed by atoms with Gasteiger partial charge in [-0.1, -0.05) is 38.3 Å². The lowest BCUT2D eigenvalue weighted by Crippen LogP contribution is -2.38. The highest BCUT2D eigenvalue weighted by Gasteiger charge is 1.86. The molecule has 0 aliphatic rings. The quantitative estimate of drug-likeness (QED) is 0.214. The van der Waals surface area contributed by atoms with Gasteiger partial charge in [0, 0.05) is 6.54 Å². The maximum atomic E-state index is 5.07. The first-order valence-electron chi connectivity index (χ1n) is 6.25. The molecule has 3 nitrogen and oxygen atoms in total. The van der Waals surface area contributed by atoms with Crippen molar-refractivity contribution in [3.8, 4) is 0 Å². The lowest BCUT2D eigenvalue weighted by Gasteiger charge is -1.99. The summed E-state index contributed by atoms with van der Waals surface area (Å²) in [7, 11) is 0. The van der Waals surface area contributed by atoms with Crippen LogP contribution in [0.15, 0.2) is 12.2 Å². The van der Waals surface area contributed by atoms with E-state index in [4.69, 9.17) is 5.84 Å². The molecule has 0 heterocycles. The number of hydrogen-bond donors (Lipinski definition) is 3. The van der Waals surface area contributed by atoms with E-state index in [9.17, 15) is 0 Å². The highest BCUT2D eigenvalue weighted by Crippen LogP contribution is 2.04. The summed E-state index contributed by atoms with van der Waals surface area (Å²) in [6.07, 6.45) is 14.9. The maximum Gasteiger partial charge on any atom is 0.0113 e. The van der Waals surface area contributed by atoms with Gasteiger partial charge in [0.05, 0.1) is 0 Å². The Kier molecular flexibility index (Phi) is 13.3. The van der Waals surface area contributed by atoms with Gasteiger partial charge in [-0.3, -0.25) is 5.84 Å². The Morgan fingerprint density at radius 2 is 1.60 bits per heavy atom. The number of hydrogen-bond acceptors (Lipinski definition) is 3. The Balaban J connectivity index is 2.97. The third-order valence-corrected chi connectivity index (χ3v) is 2.42. The number of nitrogens with two attached hydrogens (primary N) is 1. The van der Waals surface area contributed by atoms with Crippen molar-refractivity contribution in [3.63, 3.8) is 0 Å². The van der Waals surface area contributed by atoms with Gasteiger partial charge < -0.3 is 0 Å². The van der Waals surface area contributed by atoms with Crippen LogP contribution in [0.1, 0.15) is 58.3 Å². The number of unbranched alkanes of at least 4 members (excludes halogenated alkanes) is 6. The second-order valence-electron chi connectivity index (χ2n) is 3.89. The minimum absolute atomic E-state index is 0.945. The van der Waals surface area contributed by atoms with Crippen molar-refractivity contribution in [1.82, 2.24) is 11.0 Å². The molecule has 0 saturated carbocycles. The van der Waals surface area contributed by atoms with E-state index in [0.717, 1.165) is 6.54 Å². The van der Waals surface area contributed by atoms with Gasteiger partial charge in [0.25, 0.3) is 0 Å². The van der Waals surface area contributed by atoms with Crippen LogP contribution in [-0.4, -0.2) is 6.54 Å². The molecular weight excluding hydrogens is 186 g/mol. The summed E-state index contributed by atoms with van der Waals surface area (Å²) in [5.74, 6) is 5.07. The summed E-state index contributed by atoms with van der Waals surface area (Å²) in [4.78, 5) is 0. The molecule has 0 atom stereocenters. The Bertz CT molecular complexity index is 135. The van der Waals surface area contributed by atoms with E-state index in [1.807, 2.05) is 0 Å². The van der Waals surface area contributed by atoms with Crippen LogP contribution in [0.5, 0.6) is 0 Å². The summed E-state index contributed by atoms with van der Waals surface area (Å²) < 4.78 is 0. The summed E-state index contributed by atoms with van der Waals surface area (Å²) in [6.45, 7) is 3.20. The van der Waals surface area contributed by atoms with Crippen LogP contribution in [0.3, 0.4) is 0 Å². The molecule has 0 radical (unpaired) electrons. The Labute approximate surface area is 94.4 Å². The fourth-order valence-electron chi connectivity index (χ4n) is 1.47. The molecule has 0 amide bonds. The van der Waals surface area contributed by atoms with E-state index in [1.54, 1.807) is 0 Å². The number of allylic oxidation sites excluding steroid dienone is 2. The molecule has 0 unspecified atom stereocenters. The predicted molar refractivity (Wildman–Crippen MR) is 67.1 cm³/mol. The molecule has 0 aromatic carbocycles. The summed E-state index contributed by atoms with van der Waals surface area (Å²) in [5.41, 5.74) is 5.31. The van der Waals surface area contributed by atoms with Gasteiger partial charge in [-0.2, -0.15) is 5.53 Å². The number of rotatable bonds is 11. The molecule has 0 spiro atoms. The van der Waals surface area contributed by atoms with Gasteiger partial charge in [-0.15, -0.1) is 0 Å². The number of nitrogens with one attached hydrogen (secondary N) is 2. The average molecular weight is 213 g/mol. The normalized spacial score (nSPS) is 11.3. The summed E-state index contributed by atoms with van der Waals surface area (Å²) in [5, 5.41) is 0. The van der Waals surface area contributed by atoms with E-state index in [1.165, 1.54) is 51.4 Å². The van der Waals surface area contributed by atoms with Gasteiger partial charge in [0.1, 0.15) is 0 Å². The van der Waals surface area contributed by atoms with Gasteiger partial charge in [0.2, 0.25) is 0 Å². The van der Waals surface area contributed by atoms with Crippen LogP contribution in [0.25, 0.3) is 0 Å². The minimum atomic E-state index is 0.945. The zero-order chi connectivity index (χ0) is 11.2. The predicted octanol–water partition coefficient (Wildman–Crippen LogP) is 2.65. The first kappa shape index (κ1) is 14.6. The first-order chi connectivity index (χ1) is 7.41. The monoisotopic (exact) mass is 213 g/mol. The Morgan fingerprint density at radius 3 is 2.20 bits per heavy atom. The van der Waals surface area contributed by atoms with Gasteiger partial charge >= 0.3 is 0 Å². The highest BCUT2D eigenvalue weighted by atomic mass is 15.5. The van der Waals surface area contributed by atoms with Gasteiger partial charge in [0.15, 0.2) is 0 Å². The summed E-state index contributed by atoms with van der Waals surface area (Å²) in [6, 6.07) is 0. The molecule has 0 fully saturated rings. The van der Waals surface area contributed by atoms with Crippen molar-refractivity contribution in [2.45, 2.75) is 58.3 Å². The standard InChI is InChI=1S/C12H27N3/c1-2-3-4-5-6-7-8-9-10-11-12-14-15-13/h7-8,14-15H,2-6,9-13H2,1H3. The lowest BCUT2D eigenvalue weighted by atomic mass is 10.1. The van der Waals surface area contributed by atoms with Gasteiger partial charge in [-0.05, 0) is 32.1 Å². The molecule has 15 heavy (non-hydrogen) atoms. The molecule has 0 aliphatic heterocycles. The molecule has 0 aliphatic carbocycles. The smallest absolute Gasteiger partial charge is 0.0113 e. The SMILES string of the molecule is CCCCCCC=CCCCCNNN. The average Bonchev–Trinajstić information content (AvgIpc) is 2.26. The highest BCUT2D eigenvalue weighted by molar-refractivity contribution is 4.81. The van der Waals surface area contributed by atoms with E-state index in [0.29, 0.717) is 0 Å². The lowest BCUT2D eigenvalue weighted by molar-refractivity contribution is 0.530. The third kappa shape index (κ3) is 13.6. The molecule has 0 bridgehead atoms. The molecule has 4 N–H and O–H groups in total. The zero-order valence-corrected chi connectivity index (χ0v) is 10.1. The molecule has 0 aromatic rings. The van der Waals surface area contributed by atoms with Crippen molar-refractivity contribution in [2.24, 2.45) is 5.84 Å². The minimum Gasteiger partial charge on any atom is -0.258 e. The van der Waals surface area contributed by atoms with E-state index < -0.39 is 0 Å². The number of hydrazine groups is 2. The maximum absolute atomic E-state index is 5.07.